The summed E-state index contributed by atoms with van der Waals surface area (Å²) in [6.45, 7) is 1.77. The van der Waals surface area contributed by atoms with E-state index in [4.69, 9.17) is 22.1 Å². The van der Waals surface area contributed by atoms with E-state index in [0.29, 0.717) is 12.0 Å². The number of para-hydroxylation sites is 1. The van der Waals surface area contributed by atoms with Crippen LogP contribution in [0.4, 0.5) is 8.78 Å². The predicted molar refractivity (Wildman–Crippen MR) is 75.2 cm³/mol. The van der Waals surface area contributed by atoms with Crippen LogP contribution in [-0.2, 0) is 6.42 Å². The Hall–Kier alpha value is -1.65. The fourth-order valence-electron chi connectivity index (χ4n) is 1.84. The van der Waals surface area contributed by atoms with Gasteiger partial charge in [-0.1, -0.05) is 23.7 Å². The molecule has 1 unspecified atom stereocenters. The molecular formula is C15H14ClF2NO. The molecular weight excluding hydrogens is 284 g/mol. The van der Waals surface area contributed by atoms with Gasteiger partial charge in [-0.3, -0.25) is 0 Å². The van der Waals surface area contributed by atoms with Crippen molar-refractivity contribution in [3.8, 4) is 11.5 Å². The van der Waals surface area contributed by atoms with Crippen LogP contribution >= 0.6 is 11.6 Å². The normalized spacial score (nSPS) is 12.2. The minimum atomic E-state index is -0.777. The van der Waals surface area contributed by atoms with E-state index in [2.05, 4.69) is 0 Å². The van der Waals surface area contributed by atoms with Crippen molar-refractivity contribution in [1.29, 1.82) is 0 Å². The number of halogens is 3. The van der Waals surface area contributed by atoms with E-state index in [9.17, 15) is 8.78 Å². The fraction of sp³-hybridized carbons (Fsp3) is 0.200. The third kappa shape index (κ3) is 3.46. The summed E-state index contributed by atoms with van der Waals surface area (Å²) in [5.41, 5.74) is 6.10. The fourth-order valence-corrected chi connectivity index (χ4v) is 2.01. The third-order valence-corrected chi connectivity index (χ3v) is 2.98. The standard InChI is InChI=1S/C15H14ClF2NO/c1-9(19)6-10-7-12(17)15(13(18)8-10)20-14-5-3-2-4-11(14)16/h2-5,7-9H,6,19H2,1H3. The third-order valence-electron chi connectivity index (χ3n) is 2.66. The maximum absolute atomic E-state index is 13.9. The van der Waals surface area contributed by atoms with Crippen molar-refractivity contribution >= 4 is 11.6 Å². The summed E-state index contributed by atoms with van der Waals surface area (Å²) < 4.78 is 33.1. The number of nitrogens with two attached hydrogens (primary N) is 1. The average Bonchev–Trinajstić information content (AvgIpc) is 2.35. The van der Waals surface area contributed by atoms with Gasteiger partial charge in [0.05, 0.1) is 5.02 Å². The molecule has 0 aliphatic rings. The topological polar surface area (TPSA) is 35.2 Å². The number of hydrogen-bond acceptors (Lipinski definition) is 2. The van der Waals surface area contributed by atoms with Gasteiger partial charge < -0.3 is 10.5 Å². The molecule has 0 amide bonds. The van der Waals surface area contributed by atoms with Crippen molar-refractivity contribution in [2.45, 2.75) is 19.4 Å². The molecule has 0 aliphatic heterocycles. The van der Waals surface area contributed by atoms with Gasteiger partial charge in [0.2, 0.25) is 0 Å². The van der Waals surface area contributed by atoms with Gasteiger partial charge in [-0.2, -0.15) is 0 Å². The average molecular weight is 298 g/mol. The molecule has 2 aromatic carbocycles. The molecule has 0 aromatic heterocycles. The van der Waals surface area contributed by atoms with Gasteiger partial charge in [-0.05, 0) is 43.2 Å². The summed E-state index contributed by atoms with van der Waals surface area (Å²) in [4.78, 5) is 0. The van der Waals surface area contributed by atoms with Crippen LogP contribution in [0.15, 0.2) is 36.4 Å². The molecule has 0 bridgehead atoms. The molecule has 1 atom stereocenters. The van der Waals surface area contributed by atoms with Crippen molar-refractivity contribution in [3.63, 3.8) is 0 Å². The van der Waals surface area contributed by atoms with E-state index >= 15 is 0 Å². The van der Waals surface area contributed by atoms with Crippen molar-refractivity contribution in [2.75, 3.05) is 0 Å². The highest BCUT2D eigenvalue weighted by Gasteiger charge is 2.15. The van der Waals surface area contributed by atoms with Gasteiger partial charge in [0.25, 0.3) is 0 Å². The lowest BCUT2D eigenvalue weighted by Crippen LogP contribution is -2.18. The molecule has 0 saturated carbocycles. The second-order valence-corrected chi connectivity index (χ2v) is 5.01. The molecule has 106 valence electrons. The maximum atomic E-state index is 13.9. The Morgan fingerprint density at radius 2 is 1.80 bits per heavy atom. The zero-order valence-corrected chi connectivity index (χ0v) is 11.6. The van der Waals surface area contributed by atoms with Crippen LogP contribution in [0.1, 0.15) is 12.5 Å². The Bertz CT molecular complexity index is 594. The largest absolute Gasteiger partial charge is 0.450 e. The first-order chi connectivity index (χ1) is 9.47. The molecule has 0 saturated heterocycles. The van der Waals surface area contributed by atoms with Gasteiger partial charge in [0.1, 0.15) is 5.75 Å². The van der Waals surface area contributed by atoms with Crippen LogP contribution in [0.3, 0.4) is 0 Å². The summed E-state index contributed by atoms with van der Waals surface area (Å²) >= 11 is 5.89. The monoisotopic (exact) mass is 297 g/mol. The Labute approximate surface area is 121 Å². The molecule has 0 heterocycles. The van der Waals surface area contributed by atoms with E-state index in [-0.39, 0.29) is 16.8 Å². The Balaban J connectivity index is 2.31. The summed E-state index contributed by atoms with van der Waals surface area (Å²) in [6.07, 6.45) is 0.389. The highest BCUT2D eigenvalue weighted by atomic mass is 35.5. The zero-order chi connectivity index (χ0) is 14.7. The summed E-state index contributed by atoms with van der Waals surface area (Å²) in [5, 5.41) is 0.283. The first kappa shape index (κ1) is 14.8. The number of ether oxygens (including phenoxy) is 1. The maximum Gasteiger partial charge on any atom is 0.198 e. The van der Waals surface area contributed by atoms with Crippen LogP contribution in [-0.4, -0.2) is 6.04 Å². The van der Waals surface area contributed by atoms with E-state index < -0.39 is 17.4 Å². The molecule has 2 N–H and O–H groups in total. The lowest BCUT2D eigenvalue weighted by atomic mass is 10.1. The van der Waals surface area contributed by atoms with Crippen LogP contribution in [0.5, 0.6) is 11.5 Å². The van der Waals surface area contributed by atoms with E-state index in [1.54, 1.807) is 25.1 Å². The second kappa shape index (κ2) is 6.20. The van der Waals surface area contributed by atoms with Crippen molar-refractivity contribution in [2.24, 2.45) is 5.73 Å². The molecule has 20 heavy (non-hydrogen) atoms. The number of hydrogen-bond donors (Lipinski definition) is 1. The highest BCUT2D eigenvalue weighted by molar-refractivity contribution is 6.32. The second-order valence-electron chi connectivity index (χ2n) is 4.60. The van der Waals surface area contributed by atoms with Crippen LogP contribution in [0, 0.1) is 11.6 Å². The minimum Gasteiger partial charge on any atom is -0.450 e. The predicted octanol–water partition coefficient (Wildman–Crippen LogP) is 4.30. The van der Waals surface area contributed by atoms with Gasteiger partial charge >= 0.3 is 0 Å². The van der Waals surface area contributed by atoms with Crippen molar-refractivity contribution < 1.29 is 13.5 Å². The van der Waals surface area contributed by atoms with Gasteiger partial charge in [0.15, 0.2) is 17.4 Å². The zero-order valence-electron chi connectivity index (χ0n) is 10.9. The van der Waals surface area contributed by atoms with Crippen LogP contribution in [0.25, 0.3) is 0 Å². The molecule has 2 nitrogen and oxygen atoms in total. The molecule has 2 aromatic rings. The van der Waals surface area contributed by atoms with E-state index in [1.807, 2.05) is 0 Å². The van der Waals surface area contributed by atoms with Gasteiger partial charge in [0, 0.05) is 6.04 Å². The molecule has 2 rings (SSSR count). The number of benzene rings is 2. The van der Waals surface area contributed by atoms with Crippen molar-refractivity contribution in [3.05, 3.63) is 58.6 Å². The highest BCUT2D eigenvalue weighted by Crippen LogP contribution is 2.32. The van der Waals surface area contributed by atoms with Gasteiger partial charge in [-0.15, -0.1) is 0 Å². The minimum absolute atomic E-state index is 0.177. The van der Waals surface area contributed by atoms with Gasteiger partial charge in [-0.25, -0.2) is 8.78 Å². The van der Waals surface area contributed by atoms with Crippen LogP contribution < -0.4 is 10.5 Å². The Kier molecular flexibility index (Phi) is 4.57. The Morgan fingerprint density at radius 1 is 1.20 bits per heavy atom. The smallest absolute Gasteiger partial charge is 0.198 e. The quantitative estimate of drug-likeness (QED) is 0.913. The SMILES string of the molecule is CC(N)Cc1cc(F)c(Oc2ccccc2Cl)c(F)c1. The molecule has 5 heteroatoms. The molecule has 0 spiro atoms. The number of rotatable bonds is 4. The summed E-state index contributed by atoms with van der Waals surface area (Å²) in [5.74, 6) is -1.82. The van der Waals surface area contributed by atoms with Crippen LogP contribution in [0.2, 0.25) is 5.02 Å². The Morgan fingerprint density at radius 3 is 2.35 bits per heavy atom. The first-order valence-corrected chi connectivity index (χ1v) is 6.51. The first-order valence-electron chi connectivity index (χ1n) is 6.13. The summed E-state index contributed by atoms with van der Waals surface area (Å²) in [7, 11) is 0. The van der Waals surface area contributed by atoms with E-state index in [0.717, 1.165) is 0 Å². The molecule has 0 aliphatic carbocycles. The van der Waals surface area contributed by atoms with Crippen molar-refractivity contribution in [1.82, 2.24) is 0 Å². The molecule has 0 radical (unpaired) electrons. The molecule has 0 fully saturated rings. The summed E-state index contributed by atoms with van der Waals surface area (Å²) in [6, 6.07) is 8.75. The lowest BCUT2D eigenvalue weighted by molar-refractivity contribution is 0.406. The lowest BCUT2D eigenvalue weighted by Gasteiger charge is -2.11. The van der Waals surface area contributed by atoms with E-state index in [1.165, 1.54) is 18.2 Å².